The zero-order valence-electron chi connectivity index (χ0n) is 6.80. The molecule has 2 atom stereocenters. The van der Waals surface area contributed by atoms with Crippen molar-refractivity contribution in [2.45, 2.75) is 31.2 Å². The standard InChI is InChI=1S/C7H16O5/c8-3-1-5(10)7(12)6(11)2-4-9/h5-12H,1-4H2. The Balaban J connectivity index is 3.73. The molecule has 0 aliphatic rings. The minimum Gasteiger partial charge on any atom is -0.396 e. The minimum absolute atomic E-state index is 0.0175. The van der Waals surface area contributed by atoms with E-state index in [1.54, 1.807) is 0 Å². The third kappa shape index (κ3) is 3.99. The smallest absolute Gasteiger partial charge is 0.106 e. The Morgan fingerprint density at radius 3 is 1.33 bits per heavy atom. The van der Waals surface area contributed by atoms with Crippen LogP contribution in [0.15, 0.2) is 0 Å². The summed E-state index contributed by atoms with van der Waals surface area (Å²) in [6.45, 7) is -0.492. The van der Waals surface area contributed by atoms with Crippen LogP contribution in [-0.2, 0) is 0 Å². The van der Waals surface area contributed by atoms with Gasteiger partial charge in [-0.1, -0.05) is 0 Å². The second kappa shape index (κ2) is 6.33. The summed E-state index contributed by atoms with van der Waals surface area (Å²) in [4.78, 5) is 0. The average Bonchev–Trinajstić information content (AvgIpc) is 2.04. The summed E-state index contributed by atoms with van der Waals surface area (Å²) in [5.41, 5.74) is 0. The first kappa shape index (κ1) is 11.8. The second-order valence-corrected chi connectivity index (χ2v) is 2.65. The van der Waals surface area contributed by atoms with Gasteiger partial charge in [-0.15, -0.1) is 0 Å². The zero-order valence-corrected chi connectivity index (χ0v) is 6.80. The number of aliphatic hydroxyl groups excluding tert-OH is 5. The lowest BCUT2D eigenvalue weighted by molar-refractivity contribution is -0.0714. The van der Waals surface area contributed by atoms with Gasteiger partial charge in [0.1, 0.15) is 6.10 Å². The molecule has 0 aromatic rings. The number of aliphatic hydroxyl groups is 5. The molecule has 0 heterocycles. The van der Waals surface area contributed by atoms with Crippen LogP contribution < -0.4 is 0 Å². The van der Waals surface area contributed by atoms with Gasteiger partial charge in [0.2, 0.25) is 0 Å². The Hall–Kier alpha value is -0.200. The summed E-state index contributed by atoms with van der Waals surface area (Å²) >= 11 is 0. The molecule has 0 radical (unpaired) electrons. The van der Waals surface area contributed by atoms with Crippen molar-refractivity contribution in [2.75, 3.05) is 13.2 Å². The summed E-state index contributed by atoms with van der Waals surface area (Å²) in [5.74, 6) is 0. The molecule has 74 valence electrons. The first-order chi connectivity index (χ1) is 5.63. The van der Waals surface area contributed by atoms with Crippen molar-refractivity contribution in [3.63, 3.8) is 0 Å². The van der Waals surface area contributed by atoms with Gasteiger partial charge in [0.25, 0.3) is 0 Å². The van der Waals surface area contributed by atoms with E-state index in [-0.39, 0.29) is 26.1 Å². The van der Waals surface area contributed by atoms with E-state index in [1.807, 2.05) is 0 Å². The highest BCUT2D eigenvalue weighted by Gasteiger charge is 2.23. The summed E-state index contributed by atoms with van der Waals surface area (Å²) in [6.07, 6.45) is -3.55. The van der Waals surface area contributed by atoms with Gasteiger partial charge >= 0.3 is 0 Å². The van der Waals surface area contributed by atoms with Crippen LogP contribution >= 0.6 is 0 Å². The van der Waals surface area contributed by atoms with Crippen LogP contribution in [0.2, 0.25) is 0 Å². The van der Waals surface area contributed by atoms with Crippen LogP contribution in [0.5, 0.6) is 0 Å². The van der Waals surface area contributed by atoms with Crippen molar-refractivity contribution in [1.82, 2.24) is 0 Å². The predicted molar refractivity (Wildman–Crippen MR) is 41.4 cm³/mol. The molecule has 0 rings (SSSR count). The van der Waals surface area contributed by atoms with Crippen LogP contribution in [0.3, 0.4) is 0 Å². The highest BCUT2D eigenvalue weighted by Crippen LogP contribution is 2.06. The lowest BCUT2D eigenvalue weighted by atomic mass is 10.0. The lowest BCUT2D eigenvalue weighted by Crippen LogP contribution is -2.38. The fourth-order valence-corrected chi connectivity index (χ4v) is 0.862. The second-order valence-electron chi connectivity index (χ2n) is 2.65. The molecule has 0 saturated carbocycles. The lowest BCUT2D eigenvalue weighted by Gasteiger charge is -2.21. The molecule has 0 bridgehead atoms. The van der Waals surface area contributed by atoms with Gasteiger partial charge in [-0.25, -0.2) is 0 Å². The molecule has 0 aromatic carbocycles. The zero-order chi connectivity index (χ0) is 9.56. The first-order valence-electron chi connectivity index (χ1n) is 3.89. The summed E-state index contributed by atoms with van der Waals surface area (Å²) in [6, 6.07) is 0. The summed E-state index contributed by atoms with van der Waals surface area (Å²) in [5, 5.41) is 44.0. The van der Waals surface area contributed by atoms with Crippen molar-refractivity contribution in [2.24, 2.45) is 0 Å². The van der Waals surface area contributed by atoms with Gasteiger partial charge in [-0.05, 0) is 12.8 Å². The van der Waals surface area contributed by atoms with Crippen molar-refractivity contribution in [1.29, 1.82) is 0 Å². The average molecular weight is 180 g/mol. The topological polar surface area (TPSA) is 101 Å². The normalized spacial score (nSPS) is 18.8. The molecule has 0 aromatic heterocycles. The molecule has 0 spiro atoms. The SMILES string of the molecule is OCCC(O)C(O)C(O)CCO. The minimum atomic E-state index is -1.30. The van der Waals surface area contributed by atoms with Gasteiger partial charge < -0.3 is 25.5 Å². The summed E-state index contributed by atoms with van der Waals surface area (Å²) < 4.78 is 0. The maximum Gasteiger partial charge on any atom is 0.106 e. The number of hydrogen-bond donors (Lipinski definition) is 5. The van der Waals surface area contributed by atoms with E-state index in [4.69, 9.17) is 25.5 Å². The van der Waals surface area contributed by atoms with Gasteiger partial charge in [-0.2, -0.15) is 0 Å². The van der Waals surface area contributed by atoms with E-state index in [1.165, 1.54) is 0 Å². The van der Waals surface area contributed by atoms with Gasteiger partial charge in [0, 0.05) is 13.2 Å². The molecule has 0 aliphatic carbocycles. The molecule has 12 heavy (non-hydrogen) atoms. The molecule has 0 saturated heterocycles. The van der Waals surface area contributed by atoms with E-state index >= 15 is 0 Å². The van der Waals surface area contributed by atoms with E-state index < -0.39 is 18.3 Å². The van der Waals surface area contributed by atoms with Crippen LogP contribution in [0.4, 0.5) is 0 Å². The van der Waals surface area contributed by atoms with E-state index in [0.717, 1.165) is 0 Å². The van der Waals surface area contributed by atoms with Crippen LogP contribution in [0, 0.1) is 0 Å². The fourth-order valence-electron chi connectivity index (χ4n) is 0.862. The predicted octanol–water partition coefficient (Wildman–Crippen LogP) is -2.17. The molecular weight excluding hydrogens is 164 g/mol. The van der Waals surface area contributed by atoms with Crippen molar-refractivity contribution >= 4 is 0 Å². The molecule has 0 amide bonds. The van der Waals surface area contributed by atoms with Crippen molar-refractivity contribution in [3.05, 3.63) is 0 Å². The maximum absolute atomic E-state index is 9.13. The molecule has 0 fully saturated rings. The largest absolute Gasteiger partial charge is 0.396 e. The van der Waals surface area contributed by atoms with Crippen LogP contribution in [0.25, 0.3) is 0 Å². The third-order valence-corrected chi connectivity index (χ3v) is 1.64. The Kier molecular flexibility index (Phi) is 6.23. The Labute approximate surface area is 70.9 Å². The Bertz CT molecular complexity index is 96.0. The van der Waals surface area contributed by atoms with Crippen LogP contribution in [0.1, 0.15) is 12.8 Å². The Morgan fingerprint density at radius 2 is 1.08 bits per heavy atom. The van der Waals surface area contributed by atoms with Crippen molar-refractivity contribution < 1.29 is 25.5 Å². The van der Waals surface area contributed by atoms with Gasteiger partial charge in [0.05, 0.1) is 12.2 Å². The Morgan fingerprint density at radius 1 is 0.750 bits per heavy atom. The third-order valence-electron chi connectivity index (χ3n) is 1.64. The monoisotopic (exact) mass is 180 g/mol. The molecule has 0 aliphatic heterocycles. The molecule has 5 nitrogen and oxygen atoms in total. The maximum atomic E-state index is 9.13. The van der Waals surface area contributed by atoms with E-state index in [0.29, 0.717) is 0 Å². The molecule has 2 unspecified atom stereocenters. The highest BCUT2D eigenvalue weighted by atomic mass is 16.4. The van der Waals surface area contributed by atoms with Gasteiger partial charge in [0.15, 0.2) is 0 Å². The van der Waals surface area contributed by atoms with E-state index in [9.17, 15) is 0 Å². The number of rotatable bonds is 6. The van der Waals surface area contributed by atoms with Crippen LogP contribution in [-0.4, -0.2) is 57.1 Å². The van der Waals surface area contributed by atoms with Crippen molar-refractivity contribution in [3.8, 4) is 0 Å². The van der Waals surface area contributed by atoms with E-state index in [2.05, 4.69) is 0 Å². The van der Waals surface area contributed by atoms with Gasteiger partial charge in [-0.3, -0.25) is 0 Å². The first-order valence-corrected chi connectivity index (χ1v) is 3.89. The molecule has 5 heteroatoms. The number of hydrogen-bond acceptors (Lipinski definition) is 5. The molecular formula is C7H16O5. The molecule has 5 N–H and O–H groups in total. The quantitative estimate of drug-likeness (QED) is 0.320. The highest BCUT2D eigenvalue weighted by molar-refractivity contribution is 4.74. The fraction of sp³-hybridized carbons (Fsp3) is 1.00. The summed E-state index contributed by atoms with van der Waals surface area (Å²) in [7, 11) is 0.